The zero-order chi connectivity index (χ0) is 15.6. The van der Waals surface area contributed by atoms with E-state index < -0.39 is 0 Å². The maximum atomic E-state index is 5.77. The number of hydrogen-bond donors (Lipinski definition) is 0. The molecule has 1 aliphatic carbocycles. The van der Waals surface area contributed by atoms with Gasteiger partial charge in [-0.2, -0.15) is 0 Å². The summed E-state index contributed by atoms with van der Waals surface area (Å²) in [6, 6.07) is 4.00. The van der Waals surface area contributed by atoms with Crippen LogP contribution in [-0.2, 0) is 0 Å². The van der Waals surface area contributed by atoms with Crippen LogP contribution in [0.2, 0.25) is 0 Å². The summed E-state index contributed by atoms with van der Waals surface area (Å²) >= 11 is 0. The van der Waals surface area contributed by atoms with Crippen LogP contribution in [-0.4, -0.2) is 11.6 Å². The van der Waals surface area contributed by atoms with Crippen molar-refractivity contribution in [2.45, 2.75) is 67.7 Å². The Hall–Kier alpha value is -1.05. The molecule has 1 aromatic rings. The molecule has 0 N–H and O–H groups in total. The molecule has 0 saturated heterocycles. The highest BCUT2D eigenvalue weighted by Crippen LogP contribution is 2.42. The molecular formula is C18H33NO. The average molecular weight is 279 g/mol. The van der Waals surface area contributed by atoms with Gasteiger partial charge in [-0.25, -0.2) is 4.98 Å². The molecule has 2 nitrogen and oxygen atoms in total. The number of aryl methyl sites for hydroxylation is 1. The minimum atomic E-state index is 0.435. The Morgan fingerprint density at radius 1 is 1.20 bits per heavy atom. The summed E-state index contributed by atoms with van der Waals surface area (Å²) in [7, 11) is 0. The van der Waals surface area contributed by atoms with Gasteiger partial charge in [-0.1, -0.05) is 54.0 Å². The van der Waals surface area contributed by atoms with Crippen LogP contribution in [0.15, 0.2) is 18.3 Å². The van der Waals surface area contributed by atoms with Crippen molar-refractivity contribution in [2.75, 3.05) is 6.61 Å². The molecule has 0 unspecified atom stereocenters. The molecule has 1 aliphatic rings. The predicted octanol–water partition coefficient (Wildman–Crippen LogP) is 5.65. The number of rotatable bonds is 3. The van der Waals surface area contributed by atoms with Crippen molar-refractivity contribution in [3.05, 3.63) is 23.9 Å². The van der Waals surface area contributed by atoms with E-state index in [0.717, 1.165) is 12.5 Å². The molecule has 1 heterocycles. The van der Waals surface area contributed by atoms with Crippen molar-refractivity contribution < 1.29 is 4.74 Å². The second-order valence-electron chi connectivity index (χ2n) is 5.56. The lowest BCUT2D eigenvalue weighted by Crippen LogP contribution is -2.23. The first kappa shape index (κ1) is 18.9. The summed E-state index contributed by atoms with van der Waals surface area (Å²) in [5.74, 6) is 1.43. The number of ether oxygens (including phenoxy) is 1. The molecule has 0 bridgehead atoms. The minimum absolute atomic E-state index is 0.435. The van der Waals surface area contributed by atoms with Crippen LogP contribution >= 0.6 is 0 Å². The second-order valence-corrected chi connectivity index (χ2v) is 5.56. The summed E-state index contributed by atoms with van der Waals surface area (Å²) in [6.07, 6.45) is 5.80. The van der Waals surface area contributed by atoms with Crippen molar-refractivity contribution in [3.63, 3.8) is 0 Å². The maximum Gasteiger partial charge on any atom is 0.213 e. The first-order valence-electron chi connectivity index (χ1n) is 8.13. The van der Waals surface area contributed by atoms with Crippen molar-refractivity contribution >= 4 is 0 Å². The maximum absolute atomic E-state index is 5.77. The molecule has 0 radical (unpaired) electrons. The van der Waals surface area contributed by atoms with Crippen molar-refractivity contribution in [1.29, 1.82) is 0 Å². The topological polar surface area (TPSA) is 22.1 Å². The molecule has 0 aliphatic heterocycles. The molecule has 2 rings (SSSR count). The lowest BCUT2D eigenvalue weighted by molar-refractivity contribution is 0.157. The smallest absolute Gasteiger partial charge is 0.213 e. The fourth-order valence-electron chi connectivity index (χ4n) is 2.43. The van der Waals surface area contributed by atoms with E-state index in [0.29, 0.717) is 11.3 Å². The first-order valence-corrected chi connectivity index (χ1v) is 8.13. The lowest BCUT2D eigenvalue weighted by Gasteiger charge is -2.26. The summed E-state index contributed by atoms with van der Waals surface area (Å²) in [5, 5.41) is 0. The van der Waals surface area contributed by atoms with Gasteiger partial charge < -0.3 is 4.74 Å². The van der Waals surface area contributed by atoms with E-state index in [-0.39, 0.29) is 0 Å². The van der Waals surface area contributed by atoms with Gasteiger partial charge in [0, 0.05) is 12.3 Å². The van der Waals surface area contributed by atoms with E-state index >= 15 is 0 Å². The number of nitrogens with zero attached hydrogens (tertiary/aromatic N) is 1. The normalized spacial score (nSPS) is 19.2. The van der Waals surface area contributed by atoms with Gasteiger partial charge in [0.05, 0.1) is 6.61 Å². The standard InChI is InChI=1S/C14H21NO.2C2H6/c1-11-6-7-13(15-9-11)16-10-12-5-4-8-14(12,2)3;2*1-2/h6-7,9,12H,4-5,8,10H2,1-3H3;2*1-2H3/t12-;;/m1../s1. The number of pyridine rings is 1. The van der Waals surface area contributed by atoms with E-state index in [1.165, 1.54) is 24.8 Å². The van der Waals surface area contributed by atoms with Gasteiger partial charge in [0.15, 0.2) is 0 Å². The van der Waals surface area contributed by atoms with Crippen LogP contribution in [0, 0.1) is 18.3 Å². The van der Waals surface area contributed by atoms with Crippen molar-refractivity contribution in [3.8, 4) is 5.88 Å². The van der Waals surface area contributed by atoms with Crippen molar-refractivity contribution in [1.82, 2.24) is 4.98 Å². The van der Waals surface area contributed by atoms with Crippen LogP contribution < -0.4 is 4.74 Å². The molecule has 0 spiro atoms. The Bertz CT molecular complexity index is 343. The van der Waals surface area contributed by atoms with E-state index in [1.807, 2.05) is 52.9 Å². The van der Waals surface area contributed by atoms with Crippen LogP contribution in [0.1, 0.15) is 66.4 Å². The van der Waals surface area contributed by atoms with E-state index in [1.54, 1.807) is 0 Å². The highest BCUT2D eigenvalue weighted by molar-refractivity contribution is 5.16. The van der Waals surface area contributed by atoms with Gasteiger partial charge in [-0.3, -0.25) is 0 Å². The van der Waals surface area contributed by atoms with E-state index in [9.17, 15) is 0 Å². The lowest BCUT2D eigenvalue weighted by atomic mass is 9.82. The number of hydrogen-bond acceptors (Lipinski definition) is 2. The Kier molecular flexibility index (Phi) is 9.28. The van der Waals surface area contributed by atoms with Crippen LogP contribution in [0.5, 0.6) is 5.88 Å². The fourth-order valence-corrected chi connectivity index (χ4v) is 2.43. The molecule has 2 heteroatoms. The molecule has 116 valence electrons. The van der Waals surface area contributed by atoms with Crippen molar-refractivity contribution in [2.24, 2.45) is 11.3 Å². The third-order valence-corrected chi connectivity index (χ3v) is 3.80. The molecular weight excluding hydrogens is 246 g/mol. The highest BCUT2D eigenvalue weighted by atomic mass is 16.5. The Balaban J connectivity index is 0.000000829. The van der Waals surface area contributed by atoms with Crippen LogP contribution in [0.3, 0.4) is 0 Å². The molecule has 20 heavy (non-hydrogen) atoms. The molecule has 1 atom stereocenters. The Labute approximate surface area is 126 Å². The van der Waals surface area contributed by atoms with Gasteiger partial charge in [-0.15, -0.1) is 0 Å². The average Bonchev–Trinajstić information content (AvgIpc) is 2.81. The van der Waals surface area contributed by atoms with Gasteiger partial charge in [0.2, 0.25) is 5.88 Å². The molecule has 0 amide bonds. The van der Waals surface area contributed by atoms with Gasteiger partial charge in [-0.05, 0) is 36.7 Å². The Morgan fingerprint density at radius 3 is 2.30 bits per heavy atom. The highest BCUT2D eigenvalue weighted by Gasteiger charge is 2.34. The van der Waals surface area contributed by atoms with E-state index in [2.05, 4.69) is 18.8 Å². The van der Waals surface area contributed by atoms with E-state index in [4.69, 9.17) is 4.74 Å². The second kappa shape index (κ2) is 9.79. The third-order valence-electron chi connectivity index (χ3n) is 3.80. The van der Waals surface area contributed by atoms with Gasteiger partial charge in [0.25, 0.3) is 0 Å². The molecule has 1 saturated carbocycles. The predicted molar refractivity (Wildman–Crippen MR) is 88.3 cm³/mol. The molecule has 1 fully saturated rings. The molecule has 1 aromatic heterocycles. The largest absolute Gasteiger partial charge is 0.477 e. The monoisotopic (exact) mass is 279 g/mol. The molecule has 0 aromatic carbocycles. The Morgan fingerprint density at radius 2 is 1.85 bits per heavy atom. The van der Waals surface area contributed by atoms with Gasteiger partial charge in [0.1, 0.15) is 0 Å². The quantitative estimate of drug-likeness (QED) is 0.713. The summed E-state index contributed by atoms with van der Waals surface area (Å²) < 4.78 is 5.77. The minimum Gasteiger partial charge on any atom is -0.477 e. The fraction of sp³-hybridized carbons (Fsp3) is 0.722. The third kappa shape index (κ3) is 5.94. The van der Waals surface area contributed by atoms with Crippen LogP contribution in [0.25, 0.3) is 0 Å². The number of aromatic nitrogens is 1. The summed E-state index contributed by atoms with van der Waals surface area (Å²) in [4.78, 5) is 4.26. The summed E-state index contributed by atoms with van der Waals surface area (Å²) in [5.41, 5.74) is 1.61. The zero-order valence-corrected chi connectivity index (χ0v) is 14.5. The SMILES string of the molecule is CC.CC.Cc1ccc(OC[C@H]2CCCC2(C)C)nc1. The van der Waals surface area contributed by atoms with Gasteiger partial charge >= 0.3 is 0 Å². The first-order chi connectivity index (χ1) is 9.58. The zero-order valence-electron chi connectivity index (χ0n) is 14.5. The van der Waals surface area contributed by atoms with Crippen LogP contribution in [0.4, 0.5) is 0 Å². The summed E-state index contributed by atoms with van der Waals surface area (Å²) in [6.45, 7) is 15.5.